The second-order valence-electron chi connectivity index (χ2n) is 8.46. The summed E-state index contributed by atoms with van der Waals surface area (Å²) in [6, 6.07) is 10.6. The zero-order valence-corrected chi connectivity index (χ0v) is 19.8. The number of fused-ring (bicyclic) bond motifs is 1. The summed E-state index contributed by atoms with van der Waals surface area (Å²) in [6.45, 7) is 3.93. The van der Waals surface area contributed by atoms with Crippen molar-refractivity contribution >= 4 is 27.3 Å². The van der Waals surface area contributed by atoms with E-state index in [1.54, 1.807) is 31.4 Å². The summed E-state index contributed by atoms with van der Waals surface area (Å²) in [5, 5.41) is 6.10. The molecule has 1 fully saturated rings. The summed E-state index contributed by atoms with van der Waals surface area (Å²) < 4.78 is 34.5. The van der Waals surface area contributed by atoms with Crippen molar-refractivity contribution in [2.24, 2.45) is 0 Å². The highest BCUT2D eigenvalue weighted by Gasteiger charge is 2.22. The molecule has 1 saturated heterocycles. The van der Waals surface area contributed by atoms with E-state index in [9.17, 15) is 13.2 Å². The van der Waals surface area contributed by atoms with Gasteiger partial charge < -0.3 is 20.3 Å². The first-order valence-electron chi connectivity index (χ1n) is 11.5. The van der Waals surface area contributed by atoms with Crippen LogP contribution in [0.2, 0.25) is 0 Å². The van der Waals surface area contributed by atoms with E-state index in [-0.39, 0.29) is 10.8 Å². The van der Waals surface area contributed by atoms with Crippen molar-refractivity contribution in [2.75, 3.05) is 56.1 Å². The van der Waals surface area contributed by atoms with Crippen molar-refractivity contribution in [3.8, 4) is 0 Å². The van der Waals surface area contributed by atoms with Gasteiger partial charge in [0.05, 0.1) is 22.9 Å². The highest BCUT2D eigenvalue weighted by molar-refractivity contribution is 7.92. The molecule has 9 heteroatoms. The van der Waals surface area contributed by atoms with Gasteiger partial charge in [0.2, 0.25) is 0 Å². The first-order valence-corrected chi connectivity index (χ1v) is 13.0. The van der Waals surface area contributed by atoms with E-state index in [4.69, 9.17) is 4.74 Å². The Morgan fingerprint density at radius 1 is 1.06 bits per heavy atom. The fourth-order valence-electron chi connectivity index (χ4n) is 4.39. The minimum atomic E-state index is -3.82. The van der Waals surface area contributed by atoms with Crippen LogP contribution >= 0.6 is 0 Å². The van der Waals surface area contributed by atoms with Gasteiger partial charge in [-0.25, -0.2) is 8.42 Å². The number of anilines is 2. The third-order valence-corrected chi connectivity index (χ3v) is 7.55. The highest BCUT2D eigenvalue weighted by atomic mass is 32.2. The van der Waals surface area contributed by atoms with Crippen molar-refractivity contribution < 1.29 is 17.9 Å². The lowest BCUT2D eigenvalue weighted by Crippen LogP contribution is -2.43. The van der Waals surface area contributed by atoms with Crippen LogP contribution in [0.5, 0.6) is 0 Å². The second kappa shape index (κ2) is 10.5. The molecule has 1 amide bonds. The van der Waals surface area contributed by atoms with Crippen molar-refractivity contribution in [1.82, 2.24) is 10.6 Å². The van der Waals surface area contributed by atoms with Crippen LogP contribution in [-0.4, -0.2) is 60.8 Å². The van der Waals surface area contributed by atoms with Crippen molar-refractivity contribution in [2.45, 2.75) is 30.6 Å². The van der Waals surface area contributed by atoms with E-state index in [1.165, 1.54) is 5.56 Å². The number of benzene rings is 2. The lowest BCUT2D eigenvalue weighted by molar-refractivity contribution is 0.0937. The normalized spacial score (nSPS) is 16.2. The van der Waals surface area contributed by atoms with Crippen LogP contribution in [0.25, 0.3) is 0 Å². The number of aryl methyl sites for hydroxylation is 2. The molecule has 2 aromatic rings. The Bertz CT molecular complexity index is 1100. The number of ether oxygens (including phenoxy) is 1. The molecule has 0 radical (unpaired) electrons. The number of carbonyl (C=O) groups excluding carboxylic acids is 1. The van der Waals surface area contributed by atoms with Crippen LogP contribution in [-0.2, 0) is 27.6 Å². The summed E-state index contributed by atoms with van der Waals surface area (Å²) in [5.74, 6) is -0.270. The number of amides is 1. The van der Waals surface area contributed by atoms with Gasteiger partial charge in [-0.1, -0.05) is 6.07 Å². The molecule has 0 saturated carbocycles. The summed E-state index contributed by atoms with van der Waals surface area (Å²) in [5.41, 5.74) is 3.92. The van der Waals surface area contributed by atoms with Crippen LogP contribution < -0.4 is 20.3 Å². The van der Waals surface area contributed by atoms with Gasteiger partial charge >= 0.3 is 0 Å². The molecule has 0 bridgehead atoms. The van der Waals surface area contributed by atoms with E-state index in [0.29, 0.717) is 24.4 Å². The number of hydrogen-bond acceptors (Lipinski definition) is 6. The molecular weight excluding hydrogens is 440 g/mol. The van der Waals surface area contributed by atoms with Gasteiger partial charge in [0.25, 0.3) is 15.9 Å². The largest absolute Gasteiger partial charge is 0.383 e. The Morgan fingerprint density at radius 2 is 1.82 bits per heavy atom. The van der Waals surface area contributed by atoms with Gasteiger partial charge in [0.1, 0.15) is 0 Å². The van der Waals surface area contributed by atoms with Gasteiger partial charge in [-0.2, -0.15) is 0 Å². The Hall–Kier alpha value is -2.62. The summed E-state index contributed by atoms with van der Waals surface area (Å²) in [6.07, 6.45) is 4.13. The number of sulfonamides is 1. The lowest BCUT2D eigenvalue weighted by Gasteiger charge is -2.31. The lowest BCUT2D eigenvalue weighted by atomic mass is 9.92. The minimum Gasteiger partial charge on any atom is -0.383 e. The Kier molecular flexibility index (Phi) is 7.52. The first-order chi connectivity index (χ1) is 16.0. The van der Waals surface area contributed by atoms with E-state index >= 15 is 0 Å². The summed E-state index contributed by atoms with van der Waals surface area (Å²) in [7, 11) is -2.24. The molecule has 1 aliphatic carbocycles. The van der Waals surface area contributed by atoms with Gasteiger partial charge in [0.15, 0.2) is 0 Å². The molecular formula is C24H32N4O4S. The fourth-order valence-corrected chi connectivity index (χ4v) is 5.51. The Morgan fingerprint density at radius 3 is 2.58 bits per heavy atom. The summed E-state index contributed by atoms with van der Waals surface area (Å²) in [4.78, 5) is 15.0. The van der Waals surface area contributed by atoms with Gasteiger partial charge in [-0.15, -0.1) is 0 Å². The molecule has 8 nitrogen and oxygen atoms in total. The minimum absolute atomic E-state index is 0.254. The number of carbonyl (C=O) groups is 1. The van der Waals surface area contributed by atoms with Crippen molar-refractivity contribution in [1.29, 1.82) is 0 Å². The van der Waals surface area contributed by atoms with E-state index in [1.807, 2.05) is 12.1 Å². The van der Waals surface area contributed by atoms with Crippen LogP contribution in [0.1, 0.15) is 34.3 Å². The first kappa shape index (κ1) is 23.5. The third-order valence-electron chi connectivity index (χ3n) is 6.18. The van der Waals surface area contributed by atoms with Crippen molar-refractivity contribution in [3.05, 3.63) is 53.1 Å². The zero-order chi connectivity index (χ0) is 23.3. The van der Waals surface area contributed by atoms with E-state index in [0.717, 1.165) is 63.1 Å². The monoisotopic (exact) mass is 472 g/mol. The van der Waals surface area contributed by atoms with E-state index < -0.39 is 10.0 Å². The summed E-state index contributed by atoms with van der Waals surface area (Å²) >= 11 is 0. The number of hydrogen-bond donors (Lipinski definition) is 3. The number of piperazine rings is 1. The zero-order valence-electron chi connectivity index (χ0n) is 19.0. The quantitative estimate of drug-likeness (QED) is 0.509. The molecule has 1 aliphatic heterocycles. The number of methoxy groups -OCH3 is 1. The predicted molar refractivity (Wildman–Crippen MR) is 130 cm³/mol. The molecule has 0 unspecified atom stereocenters. The maximum Gasteiger partial charge on any atom is 0.261 e. The topological polar surface area (TPSA) is 99.8 Å². The molecule has 2 aliphatic rings. The standard InChI is InChI=1S/C24H32N4O4S/c1-32-15-12-26-24(29)20-7-9-23(28-13-10-25-11-14-28)22(17-20)27-33(30,31)21-8-6-18-4-2-3-5-19(18)16-21/h6-9,16-17,25,27H,2-5,10-15H2,1H3,(H,26,29). The third kappa shape index (κ3) is 5.66. The molecule has 3 N–H and O–H groups in total. The second-order valence-corrected chi connectivity index (χ2v) is 10.1. The molecule has 2 aromatic carbocycles. The van der Waals surface area contributed by atoms with Crippen LogP contribution in [0, 0.1) is 0 Å². The highest BCUT2D eigenvalue weighted by Crippen LogP contribution is 2.31. The van der Waals surface area contributed by atoms with Crippen LogP contribution in [0.4, 0.5) is 11.4 Å². The molecule has 0 spiro atoms. The molecule has 178 valence electrons. The Balaban J connectivity index is 1.64. The Labute approximate surface area is 195 Å². The smallest absolute Gasteiger partial charge is 0.261 e. The van der Waals surface area contributed by atoms with Gasteiger partial charge in [-0.3, -0.25) is 9.52 Å². The molecule has 33 heavy (non-hydrogen) atoms. The molecule has 0 atom stereocenters. The number of nitrogens with one attached hydrogen (secondary N) is 3. The fraction of sp³-hybridized carbons (Fsp3) is 0.458. The average molecular weight is 473 g/mol. The number of rotatable bonds is 8. The maximum absolute atomic E-state index is 13.4. The van der Waals surface area contributed by atoms with Gasteiger partial charge in [-0.05, 0) is 67.1 Å². The van der Waals surface area contributed by atoms with Crippen LogP contribution in [0.3, 0.4) is 0 Å². The molecule has 0 aromatic heterocycles. The SMILES string of the molecule is COCCNC(=O)c1ccc(N2CCNCC2)c(NS(=O)(=O)c2ccc3c(c2)CCCC3)c1. The van der Waals surface area contributed by atoms with Gasteiger partial charge in [0, 0.05) is 45.4 Å². The molecule has 4 rings (SSSR count). The maximum atomic E-state index is 13.4. The number of nitrogens with zero attached hydrogens (tertiary/aromatic N) is 1. The molecule has 1 heterocycles. The predicted octanol–water partition coefficient (Wildman–Crippen LogP) is 2.15. The van der Waals surface area contributed by atoms with Crippen molar-refractivity contribution in [3.63, 3.8) is 0 Å². The van der Waals surface area contributed by atoms with Crippen LogP contribution in [0.15, 0.2) is 41.3 Å². The van der Waals surface area contributed by atoms with E-state index in [2.05, 4.69) is 20.3 Å². The average Bonchev–Trinajstić information content (AvgIpc) is 2.84.